The van der Waals surface area contributed by atoms with Crippen LogP contribution < -0.4 is 9.08 Å². The predicted molar refractivity (Wildman–Crippen MR) is 98.4 cm³/mol. The zero-order chi connectivity index (χ0) is 18.0. The lowest BCUT2D eigenvalue weighted by molar-refractivity contribution is 0.223. The van der Waals surface area contributed by atoms with Crippen LogP contribution in [0.1, 0.15) is 6.92 Å². The second-order valence-electron chi connectivity index (χ2n) is 5.50. The molecule has 0 radical (unpaired) electrons. The van der Waals surface area contributed by atoms with Crippen LogP contribution in [0, 0.1) is 0 Å². The molecule has 1 fully saturated rings. The maximum Gasteiger partial charge on any atom is 0.339 e. The summed E-state index contributed by atoms with van der Waals surface area (Å²) in [7, 11) is -3.93. The van der Waals surface area contributed by atoms with Crippen molar-refractivity contribution in [3.05, 3.63) is 53.0 Å². The maximum atomic E-state index is 12.4. The Bertz CT molecular complexity index is 884. The lowest BCUT2D eigenvalue weighted by atomic mass is 10.3. The summed E-state index contributed by atoms with van der Waals surface area (Å²) < 4.78 is 30.6. The smallest absolute Gasteiger partial charge is 0.339 e. The number of hydrogen-bond acceptors (Lipinski definition) is 4. The first kappa shape index (κ1) is 17.8. The van der Waals surface area contributed by atoms with E-state index in [0.717, 1.165) is 4.47 Å². The molecule has 0 atom stereocenters. The highest BCUT2D eigenvalue weighted by atomic mass is 79.9. The van der Waals surface area contributed by atoms with Gasteiger partial charge in [0, 0.05) is 29.8 Å². The standard InChI is InChI=1S/C17H17BrN2O4S/c1-2-19-10-11-20(17(19)21)14-6-8-16(9-7-14)25(22,23)24-15-5-3-4-13(18)12-15/h3-9,12H,2,10-11H2,1H3. The number of likely N-dealkylation sites (N-methyl/N-ethyl adjacent to an activating group) is 1. The Morgan fingerprint density at radius 2 is 1.84 bits per heavy atom. The number of benzene rings is 2. The lowest BCUT2D eigenvalue weighted by Crippen LogP contribution is -2.31. The van der Waals surface area contributed by atoms with Crippen LogP contribution in [0.5, 0.6) is 5.75 Å². The molecule has 0 aromatic heterocycles. The molecule has 6 nitrogen and oxygen atoms in total. The third kappa shape index (κ3) is 3.80. The molecule has 0 unspecified atom stereocenters. The molecule has 1 aliphatic heterocycles. The summed E-state index contributed by atoms with van der Waals surface area (Å²) in [5.41, 5.74) is 0.669. The van der Waals surface area contributed by atoms with Crippen molar-refractivity contribution in [3.63, 3.8) is 0 Å². The van der Waals surface area contributed by atoms with Crippen molar-refractivity contribution in [2.75, 3.05) is 24.5 Å². The van der Waals surface area contributed by atoms with Crippen molar-refractivity contribution in [2.24, 2.45) is 0 Å². The Morgan fingerprint density at radius 3 is 2.44 bits per heavy atom. The molecule has 3 rings (SSSR count). The highest BCUT2D eigenvalue weighted by molar-refractivity contribution is 9.10. The Balaban J connectivity index is 1.79. The minimum atomic E-state index is -3.93. The minimum Gasteiger partial charge on any atom is -0.379 e. The van der Waals surface area contributed by atoms with E-state index < -0.39 is 10.1 Å². The summed E-state index contributed by atoms with van der Waals surface area (Å²) in [4.78, 5) is 15.6. The molecule has 25 heavy (non-hydrogen) atoms. The molecule has 0 bridgehead atoms. The van der Waals surface area contributed by atoms with Crippen molar-refractivity contribution >= 4 is 37.8 Å². The van der Waals surface area contributed by atoms with Crippen LogP contribution in [-0.4, -0.2) is 39.0 Å². The Morgan fingerprint density at radius 1 is 1.12 bits per heavy atom. The quantitative estimate of drug-likeness (QED) is 0.688. The lowest BCUT2D eigenvalue weighted by Gasteiger charge is -2.17. The van der Waals surface area contributed by atoms with E-state index in [2.05, 4.69) is 15.9 Å². The minimum absolute atomic E-state index is 0.0372. The fraction of sp³-hybridized carbons (Fsp3) is 0.235. The second kappa shape index (κ2) is 7.05. The summed E-state index contributed by atoms with van der Waals surface area (Å²) in [6, 6.07) is 12.7. The van der Waals surface area contributed by atoms with E-state index in [1.165, 1.54) is 12.1 Å². The Kier molecular flexibility index (Phi) is 5.01. The number of halogens is 1. The number of carbonyl (C=O) groups is 1. The molecular formula is C17H17BrN2O4S. The number of rotatable bonds is 5. The fourth-order valence-electron chi connectivity index (χ4n) is 2.60. The SMILES string of the molecule is CCN1CCN(c2ccc(S(=O)(=O)Oc3cccc(Br)c3)cc2)C1=O. The van der Waals surface area contributed by atoms with Crippen molar-refractivity contribution in [1.82, 2.24) is 4.90 Å². The Hall–Kier alpha value is -2.06. The number of amides is 2. The second-order valence-corrected chi connectivity index (χ2v) is 7.96. The molecule has 2 aromatic rings. The molecule has 2 amide bonds. The normalized spacial score (nSPS) is 14.9. The van der Waals surface area contributed by atoms with Gasteiger partial charge in [-0.25, -0.2) is 4.79 Å². The predicted octanol–water partition coefficient (Wildman–Crippen LogP) is 3.48. The van der Waals surface area contributed by atoms with E-state index in [9.17, 15) is 13.2 Å². The summed E-state index contributed by atoms with van der Waals surface area (Å²) in [6.07, 6.45) is 0. The molecule has 8 heteroatoms. The first-order chi connectivity index (χ1) is 11.9. The van der Waals surface area contributed by atoms with E-state index in [0.29, 0.717) is 25.3 Å². The van der Waals surface area contributed by atoms with Crippen molar-refractivity contribution in [2.45, 2.75) is 11.8 Å². The number of hydrogen-bond donors (Lipinski definition) is 0. The van der Waals surface area contributed by atoms with Crippen molar-refractivity contribution in [3.8, 4) is 5.75 Å². The molecule has 0 N–H and O–H groups in total. The average molecular weight is 425 g/mol. The van der Waals surface area contributed by atoms with Gasteiger partial charge in [-0.05, 0) is 49.4 Å². The molecular weight excluding hydrogens is 408 g/mol. The van der Waals surface area contributed by atoms with E-state index >= 15 is 0 Å². The largest absolute Gasteiger partial charge is 0.379 e. The topological polar surface area (TPSA) is 66.9 Å². The van der Waals surface area contributed by atoms with Gasteiger partial charge < -0.3 is 9.08 Å². The third-order valence-electron chi connectivity index (χ3n) is 3.92. The third-order valence-corrected chi connectivity index (χ3v) is 5.67. The van der Waals surface area contributed by atoms with Crippen LogP contribution in [-0.2, 0) is 10.1 Å². The van der Waals surface area contributed by atoms with Gasteiger partial charge in [-0.15, -0.1) is 0 Å². The van der Waals surface area contributed by atoms with Crippen molar-refractivity contribution < 1.29 is 17.4 Å². The number of anilines is 1. The van der Waals surface area contributed by atoms with E-state index in [-0.39, 0.29) is 16.7 Å². The van der Waals surface area contributed by atoms with Crippen LogP contribution in [0.2, 0.25) is 0 Å². The first-order valence-electron chi connectivity index (χ1n) is 7.77. The van der Waals surface area contributed by atoms with Crippen LogP contribution in [0.4, 0.5) is 10.5 Å². The molecule has 0 spiro atoms. The summed E-state index contributed by atoms with van der Waals surface area (Å²) in [5.74, 6) is 0.228. The molecule has 1 saturated heterocycles. The van der Waals surface area contributed by atoms with Gasteiger partial charge >= 0.3 is 16.1 Å². The van der Waals surface area contributed by atoms with Crippen LogP contribution in [0.15, 0.2) is 57.9 Å². The van der Waals surface area contributed by atoms with Crippen LogP contribution in [0.25, 0.3) is 0 Å². The van der Waals surface area contributed by atoms with Gasteiger partial charge in [-0.1, -0.05) is 22.0 Å². The van der Waals surface area contributed by atoms with Crippen molar-refractivity contribution in [1.29, 1.82) is 0 Å². The first-order valence-corrected chi connectivity index (χ1v) is 9.97. The van der Waals surface area contributed by atoms with Gasteiger partial charge in [0.25, 0.3) is 0 Å². The number of nitrogens with zero attached hydrogens (tertiary/aromatic N) is 2. The molecule has 0 aliphatic carbocycles. The highest BCUT2D eigenvalue weighted by Crippen LogP contribution is 2.25. The fourth-order valence-corrected chi connectivity index (χ4v) is 3.90. The monoisotopic (exact) mass is 424 g/mol. The van der Waals surface area contributed by atoms with Gasteiger partial charge in [0.2, 0.25) is 0 Å². The van der Waals surface area contributed by atoms with E-state index in [4.69, 9.17) is 4.18 Å². The molecule has 0 saturated carbocycles. The zero-order valence-electron chi connectivity index (χ0n) is 13.6. The summed E-state index contributed by atoms with van der Waals surface area (Å²) in [6.45, 7) is 3.84. The van der Waals surface area contributed by atoms with Gasteiger partial charge in [-0.3, -0.25) is 4.90 Å². The zero-order valence-corrected chi connectivity index (χ0v) is 16.0. The maximum absolute atomic E-state index is 12.4. The number of urea groups is 1. The van der Waals surface area contributed by atoms with Crippen LogP contribution in [0.3, 0.4) is 0 Å². The number of carbonyl (C=O) groups excluding carboxylic acids is 1. The molecule has 2 aromatic carbocycles. The Labute approximate surface area is 155 Å². The van der Waals surface area contributed by atoms with Crippen LogP contribution >= 0.6 is 15.9 Å². The van der Waals surface area contributed by atoms with Gasteiger partial charge in [0.05, 0.1) is 0 Å². The van der Waals surface area contributed by atoms with Gasteiger partial charge in [0.1, 0.15) is 10.6 Å². The molecule has 132 valence electrons. The van der Waals surface area contributed by atoms with Gasteiger partial charge in [-0.2, -0.15) is 8.42 Å². The van der Waals surface area contributed by atoms with Gasteiger partial charge in [0.15, 0.2) is 0 Å². The van der Waals surface area contributed by atoms with E-state index in [1.54, 1.807) is 46.2 Å². The average Bonchev–Trinajstić information content (AvgIpc) is 2.95. The summed E-state index contributed by atoms with van der Waals surface area (Å²) in [5, 5.41) is 0. The molecule has 1 heterocycles. The highest BCUT2D eigenvalue weighted by Gasteiger charge is 2.28. The summed E-state index contributed by atoms with van der Waals surface area (Å²) >= 11 is 3.27. The molecule has 1 aliphatic rings. The van der Waals surface area contributed by atoms with E-state index in [1.807, 2.05) is 6.92 Å².